The maximum atomic E-state index is 11.7. The molecule has 2 fully saturated rings. The Balaban J connectivity index is 1.18. The van der Waals surface area contributed by atoms with Gasteiger partial charge in [-0.2, -0.15) is 0 Å². The van der Waals surface area contributed by atoms with E-state index in [0.29, 0.717) is 18.3 Å². The molecule has 0 saturated carbocycles. The normalized spacial score (nSPS) is 23.0. The molecule has 3 aliphatic rings. The summed E-state index contributed by atoms with van der Waals surface area (Å²) in [5.74, 6) is 0.696. The third-order valence-corrected chi connectivity index (χ3v) is 6.68. The zero-order valence-electron chi connectivity index (χ0n) is 19.2. The predicted octanol–water partition coefficient (Wildman–Crippen LogP) is 2.33. The van der Waals surface area contributed by atoms with Gasteiger partial charge < -0.3 is 20.3 Å². The summed E-state index contributed by atoms with van der Waals surface area (Å²) in [5, 5.41) is 5.98. The molecule has 8 heteroatoms. The van der Waals surface area contributed by atoms with Crippen molar-refractivity contribution in [2.24, 2.45) is 4.99 Å². The molecule has 5 rings (SSSR count). The first-order valence-electron chi connectivity index (χ1n) is 11.5. The number of amides is 1. The largest absolute Gasteiger partial charge is 0.369 e. The van der Waals surface area contributed by atoms with E-state index in [4.69, 9.17) is 9.73 Å². The highest BCUT2D eigenvalue weighted by molar-refractivity contribution is 6.00. The first-order valence-corrected chi connectivity index (χ1v) is 11.5. The molecule has 1 amide bonds. The van der Waals surface area contributed by atoms with Gasteiger partial charge >= 0.3 is 0 Å². The van der Waals surface area contributed by atoms with Crippen molar-refractivity contribution in [1.82, 2.24) is 20.5 Å². The molecule has 4 heterocycles. The highest BCUT2D eigenvalue weighted by Gasteiger charge is 2.35. The summed E-state index contributed by atoms with van der Waals surface area (Å²) in [4.78, 5) is 25.7. The van der Waals surface area contributed by atoms with Gasteiger partial charge in [-0.25, -0.2) is 9.98 Å². The molecule has 0 spiro atoms. The number of benzene rings is 1. The van der Waals surface area contributed by atoms with E-state index in [1.54, 1.807) is 19.3 Å². The first-order chi connectivity index (χ1) is 16.0. The van der Waals surface area contributed by atoms with Crippen molar-refractivity contribution in [3.63, 3.8) is 0 Å². The summed E-state index contributed by atoms with van der Waals surface area (Å²) in [6.45, 7) is 10.8. The molecule has 2 atom stereocenters. The van der Waals surface area contributed by atoms with E-state index in [1.807, 2.05) is 6.07 Å². The van der Waals surface area contributed by atoms with Gasteiger partial charge in [-0.05, 0) is 37.6 Å². The molecule has 2 saturated heterocycles. The fourth-order valence-corrected chi connectivity index (χ4v) is 4.76. The lowest BCUT2D eigenvalue weighted by molar-refractivity contribution is 0.0958. The van der Waals surface area contributed by atoms with Crippen LogP contribution in [0.2, 0.25) is 0 Å². The minimum Gasteiger partial charge on any atom is -0.369 e. The van der Waals surface area contributed by atoms with Gasteiger partial charge in [0.2, 0.25) is 0 Å². The summed E-state index contributed by atoms with van der Waals surface area (Å²) in [6, 6.07) is 10.4. The number of hydrogen-bond acceptors (Lipinski definition) is 7. The number of amidine groups is 1. The second kappa shape index (κ2) is 8.96. The molecule has 1 aromatic heterocycles. The molecule has 8 nitrogen and oxygen atoms in total. The molecule has 0 bridgehead atoms. The van der Waals surface area contributed by atoms with Gasteiger partial charge in [-0.15, -0.1) is 0 Å². The molecule has 2 unspecified atom stereocenters. The Morgan fingerprint density at radius 3 is 2.76 bits per heavy atom. The van der Waals surface area contributed by atoms with Crippen molar-refractivity contribution in [3.05, 3.63) is 59.9 Å². The van der Waals surface area contributed by atoms with Crippen molar-refractivity contribution in [1.29, 1.82) is 0 Å². The number of carbonyl (C=O) groups excluding carboxylic acids is 1. The van der Waals surface area contributed by atoms with Crippen LogP contribution in [-0.2, 0) is 4.74 Å². The number of pyridine rings is 1. The van der Waals surface area contributed by atoms with E-state index in [0.717, 1.165) is 61.1 Å². The van der Waals surface area contributed by atoms with E-state index < -0.39 is 0 Å². The van der Waals surface area contributed by atoms with Gasteiger partial charge in [0.15, 0.2) is 0 Å². The average molecular weight is 447 g/mol. The number of carbonyl (C=O) groups is 1. The summed E-state index contributed by atoms with van der Waals surface area (Å²) in [6.07, 6.45) is 2.66. The van der Waals surface area contributed by atoms with Gasteiger partial charge in [0.1, 0.15) is 17.6 Å². The van der Waals surface area contributed by atoms with E-state index in [-0.39, 0.29) is 12.0 Å². The van der Waals surface area contributed by atoms with Crippen molar-refractivity contribution in [2.45, 2.75) is 25.5 Å². The summed E-state index contributed by atoms with van der Waals surface area (Å²) in [5.41, 5.74) is 5.59. The number of rotatable bonds is 4. The minimum absolute atomic E-state index is 0.0410. The number of ether oxygens (including phenoxy) is 1. The molecule has 0 radical (unpaired) electrons. The van der Waals surface area contributed by atoms with Crippen LogP contribution in [0.25, 0.3) is 5.70 Å². The maximum Gasteiger partial charge on any atom is 0.269 e. The fraction of sp³-hybridized carbons (Fsp3) is 0.400. The number of piperazine rings is 1. The molecule has 2 aromatic rings. The molecule has 2 N–H and O–H groups in total. The number of hydrogen-bond donors (Lipinski definition) is 2. The number of aliphatic imine (C=N–C) groups is 1. The van der Waals surface area contributed by atoms with Crippen LogP contribution in [0.15, 0.2) is 48.1 Å². The molecule has 172 valence electrons. The van der Waals surface area contributed by atoms with Crippen LogP contribution in [-0.4, -0.2) is 73.6 Å². The Labute approximate surface area is 194 Å². The van der Waals surface area contributed by atoms with Gasteiger partial charge in [-0.1, -0.05) is 18.2 Å². The second-order valence-electron chi connectivity index (χ2n) is 8.84. The predicted molar refractivity (Wildman–Crippen MR) is 130 cm³/mol. The lowest BCUT2D eigenvalue weighted by Gasteiger charge is -2.38. The Morgan fingerprint density at radius 1 is 1.21 bits per heavy atom. The minimum atomic E-state index is -0.165. The molecular weight excluding hydrogens is 416 g/mol. The summed E-state index contributed by atoms with van der Waals surface area (Å²) in [7, 11) is 1.61. The van der Waals surface area contributed by atoms with Crippen LogP contribution >= 0.6 is 0 Å². The average Bonchev–Trinajstić information content (AvgIpc) is 3.34. The van der Waals surface area contributed by atoms with Crippen LogP contribution in [0, 0.1) is 6.92 Å². The smallest absolute Gasteiger partial charge is 0.269 e. The van der Waals surface area contributed by atoms with E-state index >= 15 is 0 Å². The topological polar surface area (TPSA) is 82.1 Å². The Bertz CT molecular complexity index is 1090. The number of nitrogens with zero attached hydrogens (tertiary/aromatic N) is 4. The third-order valence-electron chi connectivity index (χ3n) is 6.68. The quantitative estimate of drug-likeness (QED) is 0.750. The molecule has 33 heavy (non-hydrogen) atoms. The lowest BCUT2D eigenvalue weighted by Crippen LogP contribution is -2.51. The first kappa shape index (κ1) is 21.6. The van der Waals surface area contributed by atoms with Gasteiger partial charge in [0.25, 0.3) is 5.91 Å². The van der Waals surface area contributed by atoms with Gasteiger partial charge in [-0.3, -0.25) is 9.69 Å². The lowest BCUT2D eigenvalue weighted by atomic mass is 10.0. The zero-order valence-corrected chi connectivity index (χ0v) is 19.2. The van der Waals surface area contributed by atoms with Gasteiger partial charge in [0.05, 0.1) is 24.2 Å². The van der Waals surface area contributed by atoms with Crippen LogP contribution in [0.4, 0.5) is 11.4 Å². The molecular formula is C25H30N6O2. The highest BCUT2D eigenvalue weighted by Crippen LogP contribution is 2.31. The third kappa shape index (κ3) is 4.36. The molecule has 3 aliphatic heterocycles. The van der Waals surface area contributed by atoms with Crippen molar-refractivity contribution in [3.8, 4) is 0 Å². The fourth-order valence-electron chi connectivity index (χ4n) is 4.76. The Hall–Kier alpha value is -3.23. The van der Waals surface area contributed by atoms with Crippen molar-refractivity contribution in [2.75, 3.05) is 44.7 Å². The Morgan fingerprint density at radius 2 is 2.03 bits per heavy atom. The summed E-state index contributed by atoms with van der Waals surface area (Å²) < 4.78 is 6.17. The number of nitrogens with one attached hydrogen (secondary N) is 2. The van der Waals surface area contributed by atoms with Crippen LogP contribution < -0.4 is 15.5 Å². The second-order valence-corrected chi connectivity index (χ2v) is 8.84. The standard InChI is InChI=1S/C25H30N6O2/c1-16-4-6-21-20(12-16)17(2)28-24(29-21)23-13-19(15-33-23)31-10-8-30(9-11-31)18-5-7-22(27-14-18)25(32)26-3/h4-7,12,14,19,23H,2,8-11,13,15H2,1,3H3,(H,26,32)(H,28,29). The monoisotopic (exact) mass is 446 g/mol. The van der Waals surface area contributed by atoms with E-state index in [2.05, 4.69) is 57.1 Å². The Kier molecular flexibility index (Phi) is 5.86. The number of anilines is 1. The van der Waals surface area contributed by atoms with E-state index in [1.165, 1.54) is 5.56 Å². The number of aromatic nitrogens is 1. The van der Waals surface area contributed by atoms with E-state index in [9.17, 15) is 4.79 Å². The van der Waals surface area contributed by atoms with Crippen molar-refractivity contribution >= 4 is 28.8 Å². The number of fused-ring (bicyclic) bond motifs is 1. The SMILES string of the molecule is C=C1NC(C2CC(N3CCN(c4ccc(C(=O)NC)nc4)CC3)CO2)=Nc2ccc(C)cc21. The molecule has 1 aromatic carbocycles. The zero-order chi connectivity index (χ0) is 22.9. The molecule has 0 aliphatic carbocycles. The highest BCUT2D eigenvalue weighted by atomic mass is 16.5. The van der Waals surface area contributed by atoms with Crippen LogP contribution in [0.3, 0.4) is 0 Å². The van der Waals surface area contributed by atoms with Gasteiger partial charge in [0, 0.05) is 50.5 Å². The van der Waals surface area contributed by atoms with Crippen LogP contribution in [0.5, 0.6) is 0 Å². The summed E-state index contributed by atoms with van der Waals surface area (Å²) >= 11 is 0. The number of aryl methyl sites for hydroxylation is 1. The van der Waals surface area contributed by atoms with Crippen molar-refractivity contribution < 1.29 is 9.53 Å². The maximum absolute atomic E-state index is 11.7. The van der Waals surface area contributed by atoms with Crippen LogP contribution in [0.1, 0.15) is 28.0 Å².